The van der Waals surface area contributed by atoms with Crippen LogP contribution in [-0.4, -0.2) is 38.1 Å². The van der Waals surface area contributed by atoms with E-state index in [-0.39, 0.29) is 0 Å². The standard InChI is InChI=1S/C35H34F3N5O2/c1-24(45-2)22-29(44)18-9-10-19-30-32(25-12-5-3-6-13-25)42-43(33(30)26-14-11-15-27(23-26)35(36,37)38)31-20-21-39-34(41-31)40-28-16-7-4-8-17-28/h3-8,11-17,20-21,23,29,44H,1,9-10,18-19,22H2,2H3,(H,39,40,41)/t29-/m1/s1. The Morgan fingerprint density at radius 2 is 1.67 bits per heavy atom. The Labute approximate surface area is 260 Å². The number of aliphatic hydroxyl groups excluding tert-OH is 1. The summed E-state index contributed by atoms with van der Waals surface area (Å²) in [6.45, 7) is 3.78. The zero-order valence-corrected chi connectivity index (χ0v) is 24.8. The first kappa shape index (κ1) is 31.5. The van der Waals surface area contributed by atoms with E-state index >= 15 is 0 Å². The summed E-state index contributed by atoms with van der Waals surface area (Å²) in [5, 5.41) is 18.6. The minimum Gasteiger partial charge on any atom is -0.502 e. The minimum atomic E-state index is -4.52. The zero-order valence-electron chi connectivity index (χ0n) is 24.8. The van der Waals surface area contributed by atoms with Gasteiger partial charge < -0.3 is 15.2 Å². The number of alkyl halides is 3. The molecule has 2 N–H and O–H groups in total. The van der Waals surface area contributed by atoms with E-state index in [9.17, 15) is 18.3 Å². The van der Waals surface area contributed by atoms with E-state index in [4.69, 9.17) is 14.8 Å². The number of aromatic nitrogens is 4. The Kier molecular flexibility index (Phi) is 9.94. The summed E-state index contributed by atoms with van der Waals surface area (Å²) in [6.07, 6.45) is -0.823. The summed E-state index contributed by atoms with van der Waals surface area (Å²) in [7, 11) is 1.52. The number of nitrogens with zero attached hydrogens (tertiary/aromatic N) is 4. The number of rotatable bonds is 13. The molecule has 45 heavy (non-hydrogen) atoms. The quantitative estimate of drug-likeness (QED) is 0.103. The average molecular weight is 614 g/mol. The second kappa shape index (κ2) is 14.2. The predicted molar refractivity (Wildman–Crippen MR) is 169 cm³/mol. The van der Waals surface area contributed by atoms with Gasteiger partial charge in [0.1, 0.15) is 0 Å². The molecule has 0 bridgehead atoms. The molecular formula is C35H34F3N5O2. The molecule has 0 saturated heterocycles. The van der Waals surface area contributed by atoms with Gasteiger partial charge in [0, 0.05) is 41.1 Å². The molecule has 0 aliphatic rings. The predicted octanol–water partition coefficient (Wildman–Crippen LogP) is 8.38. The largest absolute Gasteiger partial charge is 0.502 e. The van der Waals surface area contributed by atoms with Gasteiger partial charge in [-0.25, -0.2) is 9.67 Å². The van der Waals surface area contributed by atoms with Gasteiger partial charge in [0.15, 0.2) is 5.82 Å². The van der Waals surface area contributed by atoms with Gasteiger partial charge in [0.05, 0.1) is 35.9 Å². The smallest absolute Gasteiger partial charge is 0.416 e. The molecule has 5 rings (SSSR count). The molecule has 232 valence electrons. The summed E-state index contributed by atoms with van der Waals surface area (Å²) in [5.74, 6) is 1.22. The SMILES string of the molecule is C=C(C[C@H](O)CCCCc1c(-c2ccccc2)nn(-c2ccnc(Nc3ccccc3)n2)c1-c1cccc(C(F)(F)F)c1)OC. The van der Waals surface area contributed by atoms with Gasteiger partial charge in [-0.1, -0.05) is 73.7 Å². The summed E-state index contributed by atoms with van der Waals surface area (Å²) >= 11 is 0. The lowest BCUT2D eigenvalue weighted by Crippen LogP contribution is -2.08. The highest BCUT2D eigenvalue weighted by Crippen LogP contribution is 2.38. The molecule has 0 unspecified atom stereocenters. The van der Waals surface area contributed by atoms with Crippen molar-refractivity contribution in [3.63, 3.8) is 0 Å². The molecule has 0 radical (unpaired) electrons. The Morgan fingerprint density at radius 3 is 2.38 bits per heavy atom. The van der Waals surface area contributed by atoms with Gasteiger partial charge in [-0.2, -0.15) is 23.3 Å². The Hall–Kier alpha value is -4.96. The number of methoxy groups -OCH3 is 1. The Morgan fingerprint density at radius 1 is 0.956 bits per heavy atom. The number of anilines is 2. The molecule has 5 aromatic rings. The summed E-state index contributed by atoms with van der Waals surface area (Å²) in [5.41, 5.74) is 3.16. The fourth-order valence-electron chi connectivity index (χ4n) is 5.13. The van der Waals surface area contributed by atoms with Gasteiger partial charge in [0.25, 0.3) is 0 Å². The van der Waals surface area contributed by atoms with Crippen molar-refractivity contribution in [1.29, 1.82) is 0 Å². The molecule has 0 spiro atoms. The molecule has 0 aliphatic carbocycles. The summed E-state index contributed by atoms with van der Waals surface area (Å²) < 4.78 is 48.3. The second-order valence-electron chi connectivity index (χ2n) is 10.6. The number of aliphatic hydroxyl groups is 1. The van der Waals surface area contributed by atoms with Gasteiger partial charge in [-0.15, -0.1) is 0 Å². The molecule has 0 saturated carbocycles. The molecule has 0 aliphatic heterocycles. The van der Waals surface area contributed by atoms with Crippen LogP contribution in [0.15, 0.2) is 110 Å². The normalized spacial score (nSPS) is 12.1. The van der Waals surface area contributed by atoms with E-state index in [0.29, 0.717) is 66.6 Å². The van der Waals surface area contributed by atoms with Crippen LogP contribution in [0.5, 0.6) is 0 Å². The van der Waals surface area contributed by atoms with Crippen molar-refractivity contribution in [3.05, 3.63) is 121 Å². The zero-order chi connectivity index (χ0) is 31.8. The highest BCUT2D eigenvalue weighted by molar-refractivity contribution is 5.76. The summed E-state index contributed by atoms with van der Waals surface area (Å²) in [4.78, 5) is 9.05. The van der Waals surface area contributed by atoms with E-state index in [0.717, 1.165) is 28.9 Å². The fourth-order valence-corrected chi connectivity index (χ4v) is 5.13. The maximum absolute atomic E-state index is 13.9. The first-order valence-electron chi connectivity index (χ1n) is 14.6. The van der Waals surface area contributed by atoms with Crippen LogP contribution < -0.4 is 5.32 Å². The van der Waals surface area contributed by atoms with Crippen molar-refractivity contribution in [2.24, 2.45) is 0 Å². The van der Waals surface area contributed by atoms with E-state index in [1.54, 1.807) is 23.0 Å². The molecule has 7 nitrogen and oxygen atoms in total. The third-order valence-electron chi connectivity index (χ3n) is 7.35. The highest BCUT2D eigenvalue weighted by atomic mass is 19.4. The van der Waals surface area contributed by atoms with Crippen LogP contribution in [0.1, 0.15) is 36.8 Å². The number of para-hydroxylation sites is 1. The molecule has 1 atom stereocenters. The lowest BCUT2D eigenvalue weighted by Gasteiger charge is -2.14. The third-order valence-corrected chi connectivity index (χ3v) is 7.35. The molecule has 10 heteroatoms. The fraction of sp³-hybridized carbons (Fsp3) is 0.229. The molecule has 0 fully saturated rings. The van der Waals surface area contributed by atoms with Crippen LogP contribution >= 0.6 is 0 Å². The molecular weight excluding hydrogens is 579 g/mol. The first-order chi connectivity index (χ1) is 21.7. The number of halogens is 3. The Balaban J connectivity index is 1.60. The van der Waals surface area contributed by atoms with Crippen molar-refractivity contribution in [1.82, 2.24) is 19.7 Å². The van der Waals surface area contributed by atoms with Gasteiger partial charge >= 0.3 is 6.18 Å². The maximum Gasteiger partial charge on any atom is 0.416 e. The second-order valence-corrected chi connectivity index (χ2v) is 10.6. The van der Waals surface area contributed by atoms with Crippen LogP contribution in [0, 0.1) is 0 Å². The lowest BCUT2D eigenvalue weighted by molar-refractivity contribution is -0.137. The van der Waals surface area contributed by atoms with Crippen molar-refractivity contribution in [3.8, 4) is 28.3 Å². The molecule has 2 aromatic heterocycles. The number of benzene rings is 3. The maximum atomic E-state index is 13.9. The number of hydrogen-bond donors (Lipinski definition) is 2. The lowest BCUT2D eigenvalue weighted by atomic mass is 9.95. The van der Waals surface area contributed by atoms with Crippen molar-refractivity contribution < 1.29 is 23.0 Å². The van der Waals surface area contributed by atoms with Gasteiger partial charge in [-0.05, 0) is 43.5 Å². The van der Waals surface area contributed by atoms with Crippen LogP contribution in [0.2, 0.25) is 0 Å². The minimum absolute atomic E-state index is 0.318. The Bertz CT molecular complexity index is 1720. The van der Waals surface area contributed by atoms with Crippen LogP contribution in [0.4, 0.5) is 24.8 Å². The van der Waals surface area contributed by atoms with Crippen molar-refractivity contribution in [2.75, 3.05) is 12.4 Å². The van der Waals surface area contributed by atoms with Crippen molar-refractivity contribution in [2.45, 2.75) is 44.4 Å². The molecule has 2 heterocycles. The van der Waals surface area contributed by atoms with E-state index in [2.05, 4.69) is 16.9 Å². The number of hydrogen-bond acceptors (Lipinski definition) is 6. The van der Waals surface area contributed by atoms with Gasteiger partial charge in [0.2, 0.25) is 5.95 Å². The highest BCUT2D eigenvalue weighted by Gasteiger charge is 2.31. The molecule has 0 amide bonds. The van der Waals surface area contributed by atoms with Crippen LogP contribution in [0.25, 0.3) is 28.3 Å². The van der Waals surface area contributed by atoms with Crippen molar-refractivity contribution >= 4 is 11.6 Å². The number of nitrogens with one attached hydrogen (secondary N) is 1. The first-order valence-corrected chi connectivity index (χ1v) is 14.6. The molecule has 3 aromatic carbocycles. The van der Waals surface area contributed by atoms with E-state index in [1.165, 1.54) is 13.2 Å². The van der Waals surface area contributed by atoms with Crippen LogP contribution in [0.3, 0.4) is 0 Å². The summed E-state index contributed by atoms with van der Waals surface area (Å²) in [6, 6.07) is 25.9. The average Bonchev–Trinajstić information content (AvgIpc) is 3.43. The monoisotopic (exact) mass is 613 g/mol. The van der Waals surface area contributed by atoms with E-state index in [1.807, 2.05) is 60.7 Å². The number of ether oxygens (including phenoxy) is 1. The van der Waals surface area contributed by atoms with Crippen LogP contribution in [-0.2, 0) is 17.3 Å². The third kappa shape index (κ3) is 7.96. The topological polar surface area (TPSA) is 85.1 Å². The number of unbranched alkanes of at least 4 members (excludes halogenated alkanes) is 1. The van der Waals surface area contributed by atoms with Gasteiger partial charge in [-0.3, -0.25) is 0 Å². The van der Waals surface area contributed by atoms with E-state index < -0.39 is 17.8 Å².